The van der Waals surface area contributed by atoms with E-state index in [4.69, 9.17) is 5.73 Å². The van der Waals surface area contributed by atoms with Crippen LogP contribution < -0.4 is 16.4 Å². The summed E-state index contributed by atoms with van der Waals surface area (Å²) in [6.45, 7) is 9.47. The van der Waals surface area contributed by atoms with E-state index in [1.165, 1.54) is 0 Å². The molecular weight excluding hydrogens is 252 g/mol. The molecule has 20 heavy (non-hydrogen) atoms. The molecule has 0 aliphatic carbocycles. The number of nitrogen functional groups attached to an aromatic ring is 1. The first-order chi connectivity index (χ1) is 9.51. The van der Waals surface area contributed by atoms with E-state index in [2.05, 4.69) is 36.3 Å². The standard InChI is InChI=1S/C15H26N4O/c1-5-19(6-2)10-11(3)18-14-8-7-12(9-13(14)16)15(20)17-4/h7-9,11,18H,5-6,10,16H2,1-4H3,(H,17,20). The van der Waals surface area contributed by atoms with Gasteiger partial charge in [-0.3, -0.25) is 4.79 Å². The van der Waals surface area contributed by atoms with Crippen molar-refractivity contribution in [1.29, 1.82) is 0 Å². The van der Waals surface area contributed by atoms with E-state index in [0.717, 1.165) is 25.3 Å². The number of amides is 1. The van der Waals surface area contributed by atoms with E-state index in [-0.39, 0.29) is 5.91 Å². The number of carbonyl (C=O) groups excluding carboxylic acids is 1. The molecule has 1 atom stereocenters. The van der Waals surface area contributed by atoms with Gasteiger partial charge >= 0.3 is 0 Å². The van der Waals surface area contributed by atoms with E-state index in [9.17, 15) is 4.79 Å². The quantitative estimate of drug-likeness (QED) is 0.665. The summed E-state index contributed by atoms with van der Waals surface area (Å²) in [5.74, 6) is -0.126. The van der Waals surface area contributed by atoms with Gasteiger partial charge in [-0.25, -0.2) is 0 Å². The SMILES string of the molecule is CCN(CC)CC(C)Nc1ccc(C(=O)NC)cc1N. The molecule has 0 aliphatic rings. The van der Waals surface area contributed by atoms with E-state index in [1.807, 2.05) is 6.07 Å². The Kier molecular flexibility index (Phi) is 6.31. The lowest BCUT2D eigenvalue weighted by molar-refractivity contribution is 0.0963. The fourth-order valence-electron chi connectivity index (χ4n) is 2.16. The van der Waals surface area contributed by atoms with Gasteiger partial charge in [-0.1, -0.05) is 13.8 Å². The second-order valence-electron chi connectivity index (χ2n) is 4.91. The lowest BCUT2D eigenvalue weighted by atomic mass is 10.1. The summed E-state index contributed by atoms with van der Waals surface area (Å²) in [4.78, 5) is 13.9. The van der Waals surface area contributed by atoms with Crippen LogP contribution in [0.5, 0.6) is 0 Å². The molecule has 5 nitrogen and oxygen atoms in total. The number of rotatable bonds is 7. The zero-order valence-corrected chi connectivity index (χ0v) is 12.9. The number of nitrogens with one attached hydrogen (secondary N) is 2. The van der Waals surface area contributed by atoms with Gasteiger partial charge in [-0.05, 0) is 38.2 Å². The van der Waals surface area contributed by atoms with Crippen molar-refractivity contribution in [2.75, 3.05) is 37.7 Å². The summed E-state index contributed by atoms with van der Waals surface area (Å²) in [5, 5.41) is 5.98. The molecule has 0 aliphatic heterocycles. The van der Waals surface area contributed by atoms with Gasteiger partial charge in [0, 0.05) is 25.2 Å². The van der Waals surface area contributed by atoms with Gasteiger partial charge in [0.2, 0.25) is 0 Å². The Hall–Kier alpha value is -1.75. The number of hydrogen-bond donors (Lipinski definition) is 3. The molecule has 112 valence electrons. The average Bonchev–Trinajstić information content (AvgIpc) is 2.45. The van der Waals surface area contributed by atoms with Crippen molar-refractivity contribution >= 4 is 17.3 Å². The van der Waals surface area contributed by atoms with Crippen molar-refractivity contribution in [2.45, 2.75) is 26.8 Å². The van der Waals surface area contributed by atoms with Gasteiger partial charge in [0.15, 0.2) is 0 Å². The normalized spacial score (nSPS) is 12.2. The largest absolute Gasteiger partial charge is 0.397 e. The van der Waals surface area contributed by atoms with Gasteiger partial charge in [-0.15, -0.1) is 0 Å². The number of hydrogen-bond acceptors (Lipinski definition) is 4. The van der Waals surface area contributed by atoms with Crippen LogP contribution >= 0.6 is 0 Å². The summed E-state index contributed by atoms with van der Waals surface area (Å²) in [7, 11) is 1.61. The number of nitrogens with zero attached hydrogens (tertiary/aromatic N) is 1. The van der Waals surface area contributed by atoms with Gasteiger partial charge in [-0.2, -0.15) is 0 Å². The van der Waals surface area contributed by atoms with Gasteiger partial charge < -0.3 is 21.3 Å². The Labute approximate surface area is 121 Å². The van der Waals surface area contributed by atoms with Gasteiger partial charge in [0.05, 0.1) is 11.4 Å². The molecule has 1 unspecified atom stereocenters. The fourth-order valence-corrected chi connectivity index (χ4v) is 2.16. The number of benzene rings is 1. The zero-order valence-electron chi connectivity index (χ0n) is 12.9. The predicted molar refractivity (Wildman–Crippen MR) is 85.1 cm³/mol. The van der Waals surface area contributed by atoms with Crippen molar-refractivity contribution in [3.8, 4) is 0 Å². The van der Waals surface area contributed by atoms with Crippen LogP contribution in [0.2, 0.25) is 0 Å². The molecule has 1 amide bonds. The van der Waals surface area contributed by atoms with E-state index in [1.54, 1.807) is 19.2 Å². The van der Waals surface area contributed by atoms with Crippen molar-refractivity contribution in [3.05, 3.63) is 23.8 Å². The van der Waals surface area contributed by atoms with Crippen LogP contribution in [0.4, 0.5) is 11.4 Å². The Morgan fingerprint density at radius 1 is 1.35 bits per heavy atom. The van der Waals surface area contributed by atoms with Crippen LogP contribution in [0.1, 0.15) is 31.1 Å². The molecule has 1 aromatic rings. The van der Waals surface area contributed by atoms with E-state index < -0.39 is 0 Å². The number of anilines is 2. The van der Waals surface area contributed by atoms with Crippen LogP contribution in [-0.4, -0.2) is 43.5 Å². The Morgan fingerprint density at radius 3 is 2.50 bits per heavy atom. The van der Waals surface area contributed by atoms with Gasteiger partial charge in [0.1, 0.15) is 0 Å². The van der Waals surface area contributed by atoms with Crippen LogP contribution in [0, 0.1) is 0 Å². The molecule has 0 saturated carbocycles. The summed E-state index contributed by atoms with van der Waals surface area (Å²) in [6.07, 6.45) is 0. The van der Waals surface area contributed by atoms with E-state index in [0.29, 0.717) is 17.3 Å². The first-order valence-electron chi connectivity index (χ1n) is 7.12. The molecule has 0 fully saturated rings. The van der Waals surface area contributed by atoms with E-state index >= 15 is 0 Å². The highest BCUT2D eigenvalue weighted by atomic mass is 16.1. The Bertz CT molecular complexity index is 443. The number of nitrogens with two attached hydrogens (primary N) is 1. The lowest BCUT2D eigenvalue weighted by Gasteiger charge is -2.24. The topological polar surface area (TPSA) is 70.4 Å². The fraction of sp³-hybridized carbons (Fsp3) is 0.533. The molecule has 0 spiro atoms. The molecule has 0 heterocycles. The monoisotopic (exact) mass is 278 g/mol. The first kappa shape index (κ1) is 16.3. The number of likely N-dealkylation sites (N-methyl/N-ethyl adjacent to an activating group) is 1. The summed E-state index contributed by atoms with van der Waals surface area (Å²) in [5.41, 5.74) is 8.05. The highest BCUT2D eigenvalue weighted by Crippen LogP contribution is 2.20. The van der Waals surface area contributed by atoms with Crippen LogP contribution in [0.3, 0.4) is 0 Å². The highest BCUT2D eigenvalue weighted by molar-refractivity contribution is 5.95. The first-order valence-corrected chi connectivity index (χ1v) is 7.12. The molecule has 5 heteroatoms. The van der Waals surface area contributed by atoms with Crippen molar-refractivity contribution < 1.29 is 4.79 Å². The maximum Gasteiger partial charge on any atom is 0.251 e. The van der Waals surface area contributed by atoms with Crippen molar-refractivity contribution in [2.24, 2.45) is 0 Å². The average molecular weight is 278 g/mol. The number of carbonyl (C=O) groups is 1. The van der Waals surface area contributed by atoms with Crippen molar-refractivity contribution in [3.63, 3.8) is 0 Å². The smallest absolute Gasteiger partial charge is 0.251 e. The molecule has 1 rings (SSSR count). The third kappa shape index (κ3) is 4.42. The summed E-state index contributed by atoms with van der Waals surface area (Å²) < 4.78 is 0. The lowest BCUT2D eigenvalue weighted by Crippen LogP contribution is -2.34. The third-order valence-electron chi connectivity index (χ3n) is 3.37. The van der Waals surface area contributed by atoms with Crippen LogP contribution in [0.25, 0.3) is 0 Å². The van der Waals surface area contributed by atoms with Crippen LogP contribution in [0.15, 0.2) is 18.2 Å². The molecule has 0 bridgehead atoms. The Balaban J connectivity index is 2.71. The van der Waals surface area contributed by atoms with Crippen molar-refractivity contribution in [1.82, 2.24) is 10.2 Å². The highest BCUT2D eigenvalue weighted by Gasteiger charge is 2.10. The molecule has 0 aromatic heterocycles. The molecule has 4 N–H and O–H groups in total. The Morgan fingerprint density at radius 2 is 2.00 bits per heavy atom. The maximum absolute atomic E-state index is 11.5. The van der Waals surface area contributed by atoms with Crippen LogP contribution in [-0.2, 0) is 0 Å². The second kappa shape index (κ2) is 7.75. The summed E-state index contributed by atoms with van der Waals surface area (Å²) >= 11 is 0. The molecular formula is C15H26N4O. The zero-order chi connectivity index (χ0) is 15.1. The molecule has 0 radical (unpaired) electrons. The molecule has 0 saturated heterocycles. The summed E-state index contributed by atoms with van der Waals surface area (Å²) in [6, 6.07) is 5.63. The minimum atomic E-state index is -0.126. The maximum atomic E-state index is 11.5. The minimum Gasteiger partial charge on any atom is -0.397 e. The third-order valence-corrected chi connectivity index (χ3v) is 3.37. The predicted octanol–water partition coefficient (Wildman–Crippen LogP) is 1.77. The molecule has 1 aromatic carbocycles. The minimum absolute atomic E-state index is 0.126. The van der Waals surface area contributed by atoms with Gasteiger partial charge in [0.25, 0.3) is 5.91 Å². The second-order valence-corrected chi connectivity index (χ2v) is 4.91.